The molecule has 6 nitrogen and oxygen atoms in total. The molecule has 3 rings (SSSR count). The largest absolute Gasteiger partial charge is 0.378 e. The molecule has 0 bridgehead atoms. The lowest BCUT2D eigenvalue weighted by atomic mass is 9.96. The fraction of sp³-hybridized carbons (Fsp3) is 0.529. The maximum atomic E-state index is 12.6. The minimum atomic E-state index is -0.224. The summed E-state index contributed by atoms with van der Waals surface area (Å²) in [7, 11) is 0. The van der Waals surface area contributed by atoms with Gasteiger partial charge in [0.2, 0.25) is 5.91 Å². The molecule has 1 atom stereocenters. The van der Waals surface area contributed by atoms with Gasteiger partial charge in [-0.3, -0.25) is 4.79 Å². The minimum Gasteiger partial charge on any atom is -0.378 e. The third-order valence-electron chi connectivity index (χ3n) is 4.55. The first-order valence-corrected chi connectivity index (χ1v) is 9.17. The van der Waals surface area contributed by atoms with Crippen LogP contribution in [0.2, 0.25) is 10.0 Å². The Hall–Kier alpha value is -1.50. The van der Waals surface area contributed by atoms with E-state index < -0.39 is 0 Å². The Morgan fingerprint density at radius 2 is 1.84 bits per heavy atom. The van der Waals surface area contributed by atoms with Crippen molar-refractivity contribution in [1.82, 2.24) is 9.80 Å². The molecule has 3 amide bonds. The van der Waals surface area contributed by atoms with Crippen molar-refractivity contribution in [2.24, 2.45) is 5.92 Å². The van der Waals surface area contributed by atoms with Crippen molar-refractivity contribution in [1.29, 1.82) is 0 Å². The molecule has 0 aliphatic carbocycles. The van der Waals surface area contributed by atoms with E-state index in [2.05, 4.69) is 5.32 Å². The summed E-state index contributed by atoms with van der Waals surface area (Å²) in [5, 5.41) is 3.64. The van der Waals surface area contributed by atoms with E-state index in [1.54, 1.807) is 23.1 Å². The number of piperidine rings is 1. The highest BCUT2D eigenvalue weighted by Gasteiger charge is 2.31. The molecule has 1 unspecified atom stereocenters. The van der Waals surface area contributed by atoms with Crippen LogP contribution >= 0.6 is 23.2 Å². The number of anilines is 1. The number of benzene rings is 1. The van der Waals surface area contributed by atoms with Crippen LogP contribution in [0.15, 0.2) is 18.2 Å². The van der Waals surface area contributed by atoms with Crippen molar-refractivity contribution in [3.63, 3.8) is 0 Å². The van der Waals surface area contributed by atoms with Crippen molar-refractivity contribution in [3.8, 4) is 0 Å². The molecule has 0 radical (unpaired) electrons. The molecule has 136 valence electrons. The number of urea groups is 1. The number of carbonyl (C=O) groups excluding carboxylic acids is 2. The SMILES string of the molecule is O=C(Nc1ccc(Cl)c(Cl)c1)N1CCCC(C(=O)N2CCOCC2)C1. The average molecular weight is 386 g/mol. The number of morpholine rings is 1. The summed E-state index contributed by atoms with van der Waals surface area (Å²) in [4.78, 5) is 28.7. The molecule has 1 N–H and O–H groups in total. The van der Waals surface area contributed by atoms with E-state index in [1.807, 2.05) is 4.90 Å². The van der Waals surface area contributed by atoms with Gasteiger partial charge in [-0.25, -0.2) is 4.79 Å². The van der Waals surface area contributed by atoms with Crippen LogP contribution in [-0.4, -0.2) is 61.1 Å². The second-order valence-corrected chi connectivity index (χ2v) is 7.10. The summed E-state index contributed by atoms with van der Waals surface area (Å²) in [6, 6.07) is 4.73. The van der Waals surface area contributed by atoms with Crippen LogP contribution in [0.1, 0.15) is 12.8 Å². The summed E-state index contributed by atoms with van der Waals surface area (Å²) in [5.41, 5.74) is 0.584. The smallest absolute Gasteiger partial charge is 0.321 e. The van der Waals surface area contributed by atoms with Crippen LogP contribution < -0.4 is 5.32 Å². The molecule has 2 aliphatic heterocycles. The highest BCUT2D eigenvalue weighted by atomic mass is 35.5. The van der Waals surface area contributed by atoms with Gasteiger partial charge in [0, 0.05) is 31.9 Å². The lowest BCUT2D eigenvalue weighted by Crippen LogP contribution is -2.50. The Morgan fingerprint density at radius 3 is 2.56 bits per heavy atom. The second-order valence-electron chi connectivity index (χ2n) is 6.28. The summed E-state index contributed by atoms with van der Waals surface area (Å²) in [5.74, 6) is -0.0262. The number of amides is 3. The number of rotatable bonds is 2. The van der Waals surface area contributed by atoms with Gasteiger partial charge in [-0.05, 0) is 31.0 Å². The van der Waals surface area contributed by atoms with Gasteiger partial charge in [0.05, 0.1) is 29.2 Å². The average Bonchev–Trinajstić information content (AvgIpc) is 2.65. The van der Waals surface area contributed by atoms with Gasteiger partial charge < -0.3 is 19.9 Å². The summed E-state index contributed by atoms with van der Waals surface area (Å²) < 4.78 is 5.29. The van der Waals surface area contributed by atoms with Gasteiger partial charge in [0.25, 0.3) is 0 Å². The van der Waals surface area contributed by atoms with Gasteiger partial charge in [-0.1, -0.05) is 23.2 Å². The molecule has 0 saturated carbocycles. The zero-order chi connectivity index (χ0) is 17.8. The van der Waals surface area contributed by atoms with Gasteiger partial charge >= 0.3 is 6.03 Å². The fourth-order valence-electron chi connectivity index (χ4n) is 3.18. The molecule has 0 aromatic heterocycles. The summed E-state index contributed by atoms with van der Waals surface area (Å²) in [6.45, 7) is 3.50. The van der Waals surface area contributed by atoms with E-state index in [1.165, 1.54) is 0 Å². The quantitative estimate of drug-likeness (QED) is 0.850. The highest BCUT2D eigenvalue weighted by Crippen LogP contribution is 2.26. The number of hydrogen-bond donors (Lipinski definition) is 1. The van der Waals surface area contributed by atoms with E-state index in [9.17, 15) is 9.59 Å². The Bertz CT molecular complexity index is 650. The molecule has 2 aliphatic rings. The number of carbonyl (C=O) groups is 2. The lowest BCUT2D eigenvalue weighted by molar-refractivity contribution is -0.141. The topological polar surface area (TPSA) is 61.9 Å². The number of hydrogen-bond acceptors (Lipinski definition) is 3. The highest BCUT2D eigenvalue weighted by molar-refractivity contribution is 6.42. The van der Waals surface area contributed by atoms with Gasteiger partial charge in [0.15, 0.2) is 0 Å². The molecule has 2 saturated heterocycles. The number of nitrogens with one attached hydrogen (secondary N) is 1. The van der Waals surface area contributed by atoms with E-state index in [4.69, 9.17) is 27.9 Å². The lowest BCUT2D eigenvalue weighted by Gasteiger charge is -2.36. The first-order chi connectivity index (χ1) is 12.0. The maximum absolute atomic E-state index is 12.6. The van der Waals surface area contributed by atoms with Crippen LogP contribution in [-0.2, 0) is 9.53 Å². The predicted molar refractivity (Wildman–Crippen MR) is 97.2 cm³/mol. The Morgan fingerprint density at radius 1 is 1.08 bits per heavy atom. The molecular weight excluding hydrogens is 365 g/mol. The van der Waals surface area contributed by atoms with Crippen LogP contribution in [0.4, 0.5) is 10.5 Å². The monoisotopic (exact) mass is 385 g/mol. The number of likely N-dealkylation sites (tertiary alicyclic amines) is 1. The fourth-order valence-corrected chi connectivity index (χ4v) is 3.48. The van der Waals surface area contributed by atoms with Crippen LogP contribution in [0.3, 0.4) is 0 Å². The predicted octanol–water partition coefficient (Wildman–Crippen LogP) is 3.10. The second kappa shape index (κ2) is 8.25. The molecular formula is C17H21Cl2N3O3. The summed E-state index contributed by atoms with van der Waals surface area (Å²) in [6.07, 6.45) is 1.63. The molecule has 8 heteroatoms. The molecule has 2 heterocycles. The normalized spacial score (nSPS) is 21.1. The van der Waals surface area contributed by atoms with E-state index in [0.717, 1.165) is 12.8 Å². The molecule has 25 heavy (non-hydrogen) atoms. The van der Waals surface area contributed by atoms with Crippen LogP contribution in [0, 0.1) is 5.92 Å². The van der Waals surface area contributed by atoms with E-state index in [0.29, 0.717) is 55.1 Å². The zero-order valence-electron chi connectivity index (χ0n) is 13.8. The van der Waals surface area contributed by atoms with Crippen molar-refractivity contribution < 1.29 is 14.3 Å². The van der Waals surface area contributed by atoms with Gasteiger partial charge in [-0.2, -0.15) is 0 Å². The molecule has 0 spiro atoms. The zero-order valence-corrected chi connectivity index (χ0v) is 15.4. The van der Waals surface area contributed by atoms with Gasteiger partial charge in [-0.15, -0.1) is 0 Å². The standard InChI is InChI=1S/C17H21Cl2N3O3/c18-14-4-3-13(10-15(14)19)20-17(24)22-5-1-2-12(11-22)16(23)21-6-8-25-9-7-21/h3-4,10,12H,1-2,5-9,11H2,(H,20,24). The Kier molecular flexibility index (Phi) is 6.04. The Balaban J connectivity index is 1.59. The molecule has 2 fully saturated rings. The summed E-state index contributed by atoms with van der Waals surface area (Å²) >= 11 is 11.9. The first kappa shape index (κ1) is 18.3. The van der Waals surface area contributed by atoms with Crippen molar-refractivity contribution in [3.05, 3.63) is 28.2 Å². The maximum Gasteiger partial charge on any atom is 0.321 e. The van der Waals surface area contributed by atoms with E-state index in [-0.39, 0.29) is 17.9 Å². The third-order valence-corrected chi connectivity index (χ3v) is 5.29. The molecule has 1 aromatic carbocycles. The first-order valence-electron chi connectivity index (χ1n) is 8.42. The van der Waals surface area contributed by atoms with Crippen molar-refractivity contribution in [2.45, 2.75) is 12.8 Å². The van der Waals surface area contributed by atoms with Gasteiger partial charge in [0.1, 0.15) is 0 Å². The van der Waals surface area contributed by atoms with Crippen molar-refractivity contribution >= 4 is 40.8 Å². The number of ether oxygens (including phenoxy) is 1. The third kappa shape index (κ3) is 4.57. The minimum absolute atomic E-state index is 0.121. The molecule has 1 aromatic rings. The van der Waals surface area contributed by atoms with E-state index >= 15 is 0 Å². The number of halogens is 2. The number of nitrogens with zero attached hydrogens (tertiary/aromatic N) is 2. The Labute approximate surface area is 157 Å². The van der Waals surface area contributed by atoms with Crippen molar-refractivity contribution in [2.75, 3.05) is 44.7 Å². The van der Waals surface area contributed by atoms with Crippen LogP contribution in [0.25, 0.3) is 0 Å². The van der Waals surface area contributed by atoms with Crippen LogP contribution in [0.5, 0.6) is 0 Å².